The van der Waals surface area contributed by atoms with E-state index in [0.29, 0.717) is 45.2 Å². The Kier molecular flexibility index (Phi) is 13.4. The molecule has 0 aromatic heterocycles. The van der Waals surface area contributed by atoms with Gasteiger partial charge in [-0.15, -0.1) is 0 Å². The number of piperidine rings is 1. The minimum absolute atomic E-state index is 0.0290. The van der Waals surface area contributed by atoms with Gasteiger partial charge < -0.3 is 39.0 Å². The lowest BCUT2D eigenvalue weighted by molar-refractivity contribution is -0.140. The number of likely N-dealkylation sites (tertiary alicyclic amines) is 1. The summed E-state index contributed by atoms with van der Waals surface area (Å²) in [5.74, 6) is 0.835. The first-order valence-corrected chi connectivity index (χ1v) is 17.9. The molecule has 1 aliphatic carbocycles. The van der Waals surface area contributed by atoms with Crippen molar-refractivity contribution in [3.05, 3.63) is 23.3 Å². The Bertz CT molecular complexity index is 1230. The van der Waals surface area contributed by atoms with Crippen molar-refractivity contribution in [3.63, 3.8) is 0 Å². The second-order valence-corrected chi connectivity index (χ2v) is 15.5. The van der Waals surface area contributed by atoms with Crippen molar-refractivity contribution < 1.29 is 33.3 Å². The molecule has 1 aromatic carbocycles. The predicted molar refractivity (Wildman–Crippen MR) is 185 cm³/mol. The molecule has 4 rings (SSSR count). The highest BCUT2D eigenvalue weighted by Crippen LogP contribution is 2.38. The van der Waals surface area contributed by atoms with Crippen molar-refractivity contribution in [1.29, 1.82) is 0 Å². The van der Waals surface area contributed by atoms with E-state index in [-0.39, 0.29) is 37.0 Å². The standard InChI is InChI=1S/C37H60N4O7/c1-25(2)17-29(24-39(6)7)38-34(42)27-20-28(23-40(22-27)36(44)48-37(3,4)5)35(43)41(30-12-13-30)21-26-18-32-31(11-9-15-46-32)33(19-26)47-16-10-14-45-8/h18-19,25,27-30H,9-17,20-24H2,1-8H3,(H,38,42)/t27-,28+,29+/m0/s1. The van der Waals surface area contributed by atoms with Crippen LogP contribution in [0.3, 0.4) is 0 Å². The van der Waals surface area contributed by atoms with E-state index in [1.54, 1.807) is 12.0 Å². The molecule has 1 aromatic rings. The average Bonchev–Trinajstić information content (AvgIpc) is 3.85. The third-order valence-corrected chi connectivity index (χ3v) is 8.94. The smallest absolute Gasteiger partial charge is 0.410 e. The van der Waals surface area contributed by atoms with Crippen molar-refractivity contribution in [2.24, 2.45) is 17.8 Å². The van der Waals surface area contributed by atoms with Crippen molar-refractivity contribution in [2.45, 2.75) is 104 Å². The third kappa shape index (κ3) is 11.3. The van der Waals surface area contributed by atoms with Crippen LogP contribution in [-0.4, -0.2) is 111 Å². The molecule has 2 aliphatic heterocycles. The monoisotopic (exact) mass is 672 g/mol. The second-order valence-electron chi connectivity index (χ2n) is 15.5. The highest BCUT2D eigenvalue weighted by atomic mass is 16.6. The van der Waals surface area contributed by atoms with Crippen LogP contribution >= 0.6 is 0 Å². The Balaban J connectivity index is 1.56. The molecule has 3 aliphatic rings. The number of carbonyl (C=O) groups is 3. The van der Waals surface area contributed by atoms with Gasteiger partial charge in [0, 0.05) is 64.0 Å². The molecule has 48 heavy (non-hydrogen) atoms. The average molecular weight is 673 g/mol. The largest absolute Gasteiger partial charge is 0.493 e. The van der Waals surface area contributed by atoms with Gasteiger partial charge in [-0.3, -0.25) is 9.59 Å². The molecule has 11 nitrogen and oxygen atoms in total. The fourth-order valence-electron chi connectivity index (χ4n) is 6.74. The van der Waals surface area contributed by atoms with E-state index in [9.17, 15) is 14.4 Å². The summed E-state index contributed by atoms with van der Waals surface area (Å²) in [6.07, 6.45) is 5.19. The van der Waals surface area contributed by atoms with Gasteiger partial charge in [-0.2, -0.15) is 0 Å². The number of methoxy groups -OCH3 is 1. The number of carbonyl (C=O) groups excluding carboxylic acids is 3. The molecule has 1 saturated carbocycles. The molecule has 2 heterocycles. The van der Waals surface area contributed by atoms with Gasteiger partial charge in [0.05, 0.1) is 25.0 Å². The topological polar surface area (TPSA) is 110 Å². The van der Waals surface area contributed by atoms with Gasteiger partial charge in [-0.1, -0.05) is 13.8 Å². The molecule has 0 spiro atoms. The molecule has 1 saturated heterocycles. The van der Waals surface area contributed by atoms with Gasteiger partial charge in [0.1, 0.15) is 17.1 Å². The Morgan fingerprint density at radius 2 is 1.81 bits per heavy atom. The summed E-state index contributed by atoms with van der Waals surface area (Å²) < 4.78 is 23.2. The molecule has 11 heteroatoms. The maximum atomic E-state index is 14.5. The fraction of sp³-hybridized carbons (Fsp3) is 0.757. The Hall–Kier alpha value is -3.05. The molecular weight excluding hydrogens is 612 g/mol. The lowest BCUT2D eigenvalue weighted by Gasteiger charge is -2.39. The number of likely N-dealkylation sites (N-methyl/N-ethyl adjacent to an activating group) is 1. The highest BCUT2D eigenvalue weighted by Gasteiger charge is 2.43. The van der Waals surface area contributed by atoms with Gasteiger partial charge in [0.25, 0.3) is 0 Å². The molecule has 1 N–H and O–H groups in total. The van der Waals surface area contributed by atoms with E-state index in [1.807, 2.05) is 51.9 Å². The molecular formula is C37H60N4O7. The summed E-state index contributed by atoms with van der Waals surface area (Å²) in [6.45, 7) is 13.1. The van der Waals surface area contributed by atoms with Crippen LogP contribution in [0.5, 0.6) is 11.5 Å². The van der Waals surface area contributed by atoms with Crippen LogP contribution in [0.25, 0.3) is 0 Å². The molecule has 270 valence electrons. The number of hydrogen-bond donors (Lipinski definition) is 1. The highest BCUT2D eigenvalue weighted by molar-refractivity contribution is 5.84. The van der Waals surface area contributed by atoms with E-state index in [0.717, 1.165) is 61.2 Å². The number of fused-ring (bicyclic) bond motifs is 1. The van der Waals surface area contributed by atoms with Crippen LogP contribution in [-0.2, 0) is 32.0 Å². The summed E-state index contributed by atoms with van der Waals surface area (Å²) in [7, 11) is 5.68. The first kappa shape index (κ1) is 37.8. The molecule has 3 amide bonds. The van der Waals surface area contributed by atoms with Crippen LogP contribution in [0.2, 0.25) is 0 Å². The van der Waals surface area contributed by atoms with Crippen molar-refractivity contribution >= 4 is 17.9 Å². The predicted octanol–water partition coefficient (Wildman–Crippen LogP) is 4.88. The van der Waals surface area contributed by atoms with Crippen molar-refractivity contribution in [1.82, 2.24) is 20.0 Å². The van der Waals surface area contributed by atoms with Gasteiger partial charge in [-0.05, 0) is 97.0 Å². The Morgan fingerprint density at radius 3 is 2.46 bits per heavy atom. The minimum atomic E-state index is -0.697. The zero-order chi connectivity index (χ0) is 35.0. The summed E-state index contributed by atoms with van der Waals surface area (Å²) in [4.78, 5) is 47.3. The molecule has 0 bridgehead atoms. The van der Waals surface area contributed by atoms with Gasteiger partial charge in [-0.25, -0.2) is 4.79 Å². The zero-order valence-corrected chi connectivity index (χ0v) is 30.6. The third-order valence-electron chi connectivity index (χ3n) is 8.94. The van der Waals surface area contributed by atoms with Crippen molar-refractivity contribution in [2.75, 3.05) is 60.7 Å². The fourth-order valence-corrected chi connectivity index (χ4v) is 6.74. The normalized spacial score (nSPS) is 20.2. The number of amides is 3. The number of ether oxygens (including phenoxy) is 4. The second kappa shape index (κ2) is 17.1. The molecule has 0 unspecified atom stereocenters. The van der Waals surface area contributed by atoms with Crippen LogP contribution in [0.1, 0.15) is 84.3 Å². The lowest BCUT2D eigenvalue weighted by atomic mass is 9.87. The minimum Gasteiger partial charge on any atom is -0.493 e. The van der Waals surface area contributed by atoms with E-state index >= 15 is 0 Å². The summed E-state index contributed by atoms with van der Waals surface area (Å²) in [5.41, 5.74) is 1.33. The number of nitrogens with one attached hydrogen (secondary N) is 1. The van der Waals surface area contributed by atoms with E-state index < -0.39 is 23.5 Å². The number of rotatable bonds is 15. The quantitative estimate of drug-likeness (QED) is 0.263. The summed E-state index contributed by atoms with van der Waals surface area (Å²) in [6, 6.07) is 4.19. The van der Waals surface area contributed by atoms with Gasteiger partial charge >= 0.3 is 6.09 Å². The van der Waals surface area contributed by atoms with Crippen molar-refractivity contribution in [3.8, 4) is 11.5 Å². The molecule has 0 radical (unpaired) electrons. The maximum Gasteiger partial charge on any atom is 0.410 e. The number of nitrogens with zero attached hydrogens (tertiary/aromatic N) is 3. The summed E-state index contributed by atoms with van der Waals surface area (Å²) >= 11 is 0. The zero-order valence-electron chi connectivity index (χ0n) is 30.6. The van der Waals surface area contributed by atoms with Gasteiger partial charge in [0.15, 0.2) is 0 Å². The van der Waals surface area contributed by atoms with Crippen LogP contribution in [0, 0.1) is 17.8 Å². The Morgan fingerprint density at radius 1 is 1.08 bits per heavy atom. The summed E-state index contributed by atoms with van der Waals surface area (Å²) in [5, 5.41) is 3.26. The van der Waals surface area contributed by atoms with E-state index in [2.05, 4.69) is 24.1 Å². The van der Waals surface area contributed by atoms with E-state index in [4.69, 9.17) is 18.9 Å². The first-order valence-electron chi connectivity index (χ1n) is 17.9. The Labute approximate surface area is 287 Å². The van der Waals surface area contributed by atoms with Crippen LogP contribution in [0.15, 0.2) is 12.1 Å². The SMILES string of the molecule is COCCCOc1cc(CN(C(=O)[C@@H]2C[C@H](C(=O)N[C@H](CC(C)C)CN(C)C)CN(C(=O)OC(C)(C)C)C2)C2CC2)cc2c1CCCO2. The van der Waals surface area contributed by atoms with Gasteiger partial charge in [0.2, 0.25) is 11.8 Å². The molecule has 2 fully saturated rings. The number of benzene rings is 1. The van der Waals surface area contributed by atoms with Crippen LogP contribution < -0.4 is 14.8 Å². The number of hydrogen-bond acceptors (Lipinski definition) is 8. The van der Waals surface area contributed by atoms with Crippen LogP contribution in [0.4, 0.5) is 4.79 Å². The lowest BCUT2D eigenvalue weighted by Crippen LogP contribution is -2.55. The molecule has 3 atom stereocenters. The first-order chi connectivity index (χ1) is 22.7. The maximum absolute atomic E-state index is 14.5. The van der Waals surface area contributed by atoms with E-state index in [1.165, 1.54) is 0 Å².